The quantitative estimate of drug-likeness (QED) is 0.675. The number of unbranched alkanes of at least 4 members (excludes halogenated alkanes) is 2. The Morgan fingerprint density at radius 2 is 1.81 bits per heavy atom. The van der Waals surface area contributed by atoms with E-state index in [0.717, 1.165) is 19.3 Å². The van der Waals surface area contributed by atoms with Gasteiger partial charge in [0.2, 0.25) is 11.8 Å². The fourth-order valence-corrected chi connectivity index (χ4v) is 1.97. The Labute approximate surface area is 128 Å². The van der Waals surface area contributed by atoms with Crippen LogP contribution in [-0.4, -0.2) is 23.9 Å². The molecule has 0 aliphatic rings. The van der Waals surface area contributed by atoms with E-state index in [4.69, 9.17) is 5.26 Å². The molecule has 0 bridgehead atoms. The van der Waals surface area contributed by atoms with E-state index in [1.165, 1.54) is 0 Å². The molecule has 2 unspecified atom stereocenters. The van der Waals surface area contributed by atoms with Gasteiger partial charge in [0.15, 0.2) is 0 Å². The molecule has 0 fully saturated rings. The molecular formula is C16H29N3O2. The summed E-state index contributed by atoms with van der Waals surface area (Å²) < 4.78 is 0. The molecule has 2 N–H and O–H groups in total. The fraction of sp³-hybridized carbons (Fsp3) is 0.812. The standard InChI is InChI=1S/C16H29N3O2/c1-6-7-8-9-14(20)19-13(10-16(3,4)5)15(21)18-12(2)11-17/h12-13H,6-10H2,1-5H3,(H,18,21)(H,19,20). The predicted octanol–water partition coefficient (Wildman–Crippen LogP) is 2.52. The molecule has 0 radical (unpaired) electrons. The molecule has 120 valence electrons. The molecule has 0 aromatic heterocycles. The molecule has 21 heavy (non-hydrogen) atoms. The monoisotopic (exact) mass is 295 g/mol. The van der Waals surface area contributed by atoms with Crippen molar-refractivity contribution in [1.29, 1.82) is 5.26 Å². The van der Waals surface area contributed by atoms with E-state index >= 15 is 0 Å². The van der Waals surface area contributed by atoms with E-state index in [1.54, 1.807) is 6.92 Å². The van der Waals surface area contributed by atoms with E-state index in [1.807, 2.05) is 26.8 Å². The van der Waals surface area contributed by atoms with Crippen molar-refractivity contribution in [3.8, 4) is 6.07 Å². The summed E-state index contributed by atoms with van der Waals surface area (Å²) >= 11 is 0. The Kier molecular flexibility index (Phi) is 8.68. The van der Waals surface area contributed by atoms with E-state index in [-0.39, 0.29) is 17.2 Å². The Bertz CT molecular complexity index is 380. The van der Waals surface area contributed by atoms with Gasteiger partial charge in [-0.25, -0.2) is 0 Å². The van der Waals surface area contributed by atoms with Crippen molar-refractivity contribution < 1.29 is 9.59 Å². The molecule has 0 aromatic carbocycles. The number of carbonyl (C=O) groups is 2. The lowest BCUT2D eigenvalue weighted by Crippen LogP contribution is -2.50. The number of nitrogens with zero attached hydrogens (tertiary/aromatic N) is 1. The summed E-state index contributed by atoms with van der Waals surface area (Å²) in [6.45, 7) is 9.75. The van der Waals surface area contributed by atoms with Crippen LogP contribution in [0.5, 0.6) is 0 Å². The highest BCUT2D eigenvalue weighted by Crippen LogP contribution is 2.21. The van der Waals surface area contributed by atoms with Gasteiger partial charge in [0.05, 0.1) is 6.07 Å². The second-order valence-corrected chi connectivity index (χ2v) is 6.70. The van der Waals surface area contributed by atoms with Crippen molar-refractivity contribution in [1.82, 2.24) is 10.6 Å². The molecule has 0 rings (SSSR count). The normalized spacial score (nSPS) is 13.9. The Balaban J connectivity index is 4.63. The lowest BCUT2D eigenvalue weighted by atomic mass is 9.87. The van der Waals surface area contributed by atoms with Crippen molar-refractivity contribution in [3.05, 3.63) is 0 Å². The van der Waals surface area contributed by atoms with Crippen LogP contribution in [0.15, 0.2) is 0 Å². The summed E-state index contributed by atoms with van der Waals surface area (Å²) in [5.74, 6) is -0.389. The van der Waals surface area contributed by atoms with Gasteiger partial charge >= 0.3 is 0 Å². The summed E-state index contributed by atoms with van der Waals surface area (Å²) in [4.78, 5) is 24.1. The van der Waals surface area contributed by atoms with Crippen LogP contribution in [0.1, 0.15) is 66.7 Å². The average molecular weight is 295 g/mol. The molecule has 0 saturated heterocycles. The van der Waals surface area contributed by atoms with Crippen LogP contribution < -0.4 is 10.6 Å². The number of amides is 2. The highest BCUT2D eigenvalue weighted by molar-refractivity contribution is 5.87. The van der Waals surface area contributed by atoms with Crippen molar-refractivity contribution in [3.63, 3.8) is 0 Å². The zero-order chi connectivity index (χ0) is 16.5. The number of rotatable bonds is 8. The van der Waals surface area contributed by atoms with Gasteiger partial charge in [-0.1, -0.05) is 40.5 Å². The van der Waals surface area contributed by atoms with Crippen LogP contribution in [0.2, 0.25) is 0 Å². The van der Waals surface area contributed by atoms with Crippen LogP contribution in [0.3, 0.4) is 0 Å². The van der Waals surface area contributed by atoms with Crippen LogP contribution in [-0.2, 0) is 9.59 Å². The third-order valence-electron chi connectivity index (χ3n) is 3.03. The first-order chi connectivity index (χ1) is 9.69. The maximum absolute atomic E-state index is 12.2. The molecule has 0 spiro atoms. The lowest BCUT2D eigenvalue weighted by molar-refractivity contribution is -0.130. The fourth-order valence-electron chi connectivity index (χ4n) is 1.97. The number of nitriles is 1. The first-order valence-corrected chi connectivity index (χ1v) is 7.69. The zero-order valence-electron chi connectivity index (χ0n) is 14.0. The number of nitrogens with one attached hydrogen (secondary N) is 2. The van der Waals surface area contributed by atoms with Crippen LogP contribution >= 0.6 is 0 Å². The highest BCUT2D eigenvalue weighted by atomic mass is 16.2. The first kappa shape index (κ1) is 19.4. The minimum atomic E-state index is -0.588. The first-order valence-electron chi connectivity index (χ1n) is 7.69. The van der Waals surface area contributed by atoms with E-state index in [9.17, 15) is 9.59 Å². The van der Waals surface area contributed by atoms with Gasteiger partial charge in [0, 0.05) is 6.42 Å². The van der Waals surface area contributed by atoms with Gasteiger partial charge in [-0.2, -0.15) is 5.26 Å². The van der Waals surface area contributed by atoms with Crippen molar-refractivity contribution in [2.24, 2.45) is 5.41 Å². The van der Waals surface area contributed by atoms with Gasteiger partial charge in [0.1, 0.15) is 12.1 Å². The molecule has 0 heterocycles. The molecule has 0 aliphatic heterocycles. The Morgan fingerprint density at radius 3 is 2.29 bits per heavy atom. The van der Waals surface area contributed by atoms with Gasteiger partial charge in [-0.3, -0.25) is 9.59 Å². The van der Waals surface area contributed by atoms with Crippen molar-refractivity contribution in [2.45, 2.75) is 78.8 Å². The molecule has 0 saturated carbocycles. The van der Waals surface area contributed by atoms with Crippen LogP contribution in [0, 0.1) is 16.7 Å². The minimum absolute atomic E-state index is 0.0887. The minimum Gasteiger partial charge on any atom is -0.344 e. The number of hydrogen-bond donors (Lipinski definition) is 2. The highest BCUT2D eigenvalue weighted by Gasteiger charge is 2.27. The summed E-state index contributed by atoms with van der Waals surface area (Å²) in [6.07, 6.45) is 3.88. The number of carbonyl (C=O) groups excluding carboxylic acids is 2. The van der Waals surface area contributed by atoms with Crippen molar-refractivity contribution >= 4 is 11.8 Å². The topological polar surface area (TPSA) is 82.0 Å². The summed E-state index contributed by atoms with van der Waals surface area (Å²) in [6, 6.07) is 0.818. The molecule has 0 aliphatic carbocycles. The van der Waals surface area contributed by atoms with Crippen LogP contribution in [0.25, 0.3) is 0 Å². The lowest BCUT2D eigenvalue weighted by Gasteiger charge is -2.26. The van der Waals surface area contributed by atoms with Gasteiger partial charge in [-0.05, 0) is 25.2 Å². The molecular weight excluding hydrogens is 266 g/mol. The van der Waals surface area contributed by atoms with E-state index in [2.05, 4.69) is 17.6 Å². The smallest absolute Gasteiger partial charge is 0.243 e. The molecule has 2 amide bonds. The summed E-state index contributed by atoms with van der Waals surface area (Å²) in [5.41, 5.74) is -0.0887. The molecule has 2 atom stereocenters. The Morgan fingerprint density at radius 1 is 1.19 bits per heavy atom. The van der Waals surface area contributed by atoms with Crippen molar-refractivity contribution in [2.75, 3.05) is 0 Å². The second-order valence-electron chi connectivity index (χ2n) is 6.70. The second kappa shape index (κ2) is 9.38. The van der Waals surface area contributed by atoms with E-state index in [0.29, 0.717) is 12.8 Å². The van der Waals surface area contributed by atoms with Gasteiger partial charge < -0.3 is 10.6 Å². The predicted molar refractivity (Wildman–Crippen MR) is 83.4 cm³/mol. The SMILES string of the molecule is CCCCCC(=O)NC(CC(C)(C)C)C(=O)NC(C)C#N. The molecule has 5 heteroatoms. The third-order valence-corrected chi connectivity index (χ3v) is 3.03. The third kappa shape index (κ3) is 9.89. The van der Waals surface area contributed by atoms with Gasteiger partial charge in [0.25, 0.3) is 0 Å². The maximum atomic E-state index is 12.2. The van der Waals surface area contributed by atoms with E-state index < -0.39 is 12.1 Å². The van der Waals surface area contributed by atoms with Gasteiger partial charge in [-0.15, -0.1) is 0 Å². The molecule has 0 aromatic rings. The Hall–Kier alpha value is -1.57. The van der Waals surface area contributed by atoms with Crippen LogP contribution in [0.4, 0.5) is 0 Å². The average Bonchev–Trinajstić information content (AvgIpc) is 2.36. The zero-order valence-corrected chi connectivity index (χ0v) is 14.0. The summed E-state index contributed by atoms with van der Waals surface area (Å²) in [5, 5.41) is 14.2. The largest absolute Gasteiger partial charge is 0.344 e. The molecule has 5 nitrogen and oxygen atoms in total. The maximum Gasteiger partial charge on any atom is 0.243 e. The summed E-state index contributed by atoms with van der Waals surface area (Å²) in [7, 11) is 0. The number of hydrogen-bond acceptors (Lipinski definition) is 3.